The Hall–Kier alpha value is -3.80. The number of rotatable bonds is 6. The molecular formula is C25H25BrFN7O3. The molecule has 0 spiro atoms. The molecule has 192 valence electrons. The Kier molecular flexibility index (Phi) is 7.17. The molecule has 3 N–H and O–H groups in total. The summed E-state index contributed by atoms with van der Waals surface area (Å²) in [6, 6.07) is 7.99. The van der Waals surface area contributed by atoms with E-state index in [0.29, 0.717) is 43.3 Å². The van der Waals surface area contributed by atoms with E-state index in [1.54, 1.807) is 23.4 Å². The molecule has 5 rings (SSSR count). The van der Waals surface area contributed by atoms with E-state index in [9.17, 15) is 19.2 Å². The number of amidine groups is 1. The van der Waals surface area contributed by atoms with Gasteiger partial charge in [0.2, 0.25) is 11.6 Å². The van der Waals surface area contributed by atoms with Crippen molar-refractivity contribution >= 4 is 45.0 Å². The van der Waals surface area contributed by atoms with Crippen LogP contribution in [-0.4, -0.2) is 55.6 Å². The highest BCUT2D eigenvalue weighted by atomic mass is 79.9. The normalized spacial score (nSPS) is 16.5. The summed E-state index contributed by atoms with van der Waals surface area (Å²) in [5.41, 5.74) is 2.70. The van der Waals surface area contributed by atoms with Crippen molar-refractivity contribution in [1.82, 2.24) is 19.7 Å². The molecule has 3 heterocycles. The van der Waals surface area contributed by atoms with Crippen LogP contribution in [0.2, 0.25) is 0 Å². The Morgan fingerprint density at radius 1 is 1.05 bits per heavy atom. The zero-order chi connectivity index (χ0) is 25.9. The van der Waals surface area contributed by atoms with Gasteiger partial charge in [0.05, 0.1) is 34.3 Å². The second kappa shape index (κ2) is 10.7. The number of likely N-dealkylation sites (tertiary alicyclic amines) is 1. The van der Waals surface area contributed by atoms with Crippen LogP contribution in [0.1, 0.15) is 31.7 Å². The number of carbonyl (C=O) groups excluding carboxylic acids is 2. The third kappa shape index (κ3) is 5.79. The molecule has 3 aromatic rings. The Morgan fingerprint density at radius 3 is 2.46 bits per heavy atom. The number of halogens is 2. The zero-order valence-electron chi connectivity index (χ0n) is 19.8. The highest BCUT2D eigenvalue weighted by Gasteiger charge is 2.30. The fourth-order valence-corrected chi connectivity index (χ4v) is 4.61. The van der Waals surface area contributed by atoms with E-state index in [0.717, 1.165) is 24.1 Å². The van der Waals surface area contributed by atoms with E-state index in [2.05, 4.69) is 41.8 Å². The van der Waals surface area contributed by atoms with Crippen LogP contribution in [0.15, 0.2) is 58.6 Å². The van der Waals surface area contributed by atoms with Gasteiger partial charge in [-0.2, -0.15) is 5.10 Å². The van der Waals surface area contributed by atoms with Crippen molar-refractivity contribution in [2.45, 2.75) is 31.7 Å². The summed E-state index contributed by atoms with van der Waals surface area (Å²) in [4.78, 5) is 31.7. The van der Waals surface area contributed by atoms with Crippen molar-refractivity contribution in [3.8, 4) is 11.3 Å². The minimum Gasteiger partial charge on any atom is -0.409 e. The first kappa shape index (κ1) is 24.9. The Morgan fingerprint density at radius 2 is 1.81 bits per heavy atom. The summed E-state index contributed by atoms with van der Waals surface area (Å²) in [5, 5.41) is 22.4. The summed E-state index contributed by atoms with van der Waals surface area (Å²) in [7, 11) is 0. The van der Waals surface area contributed by atoms with Crippen molar-refractivity contribution < 1.29 is 19.2 Å². The average Bonchev–Trinajstić information content (AvgIpc) is 3.65. The van der Waals surface area contributed by atoms with Crippen LogP contribution in [0, 0.1) is 11.7 Å². The van der Waals surface area contributed by atoms with Gasteiger partial charge < -0.3 is 20.7 Å². The molecular weight excluding hydrogens is 545 g/mol. The number of piperidine rings is 1. The second-order valence-corrected chi connectivity index (χ2v) is 9.98. The number of hydrogen-bond acceptors (Lipinski definition) is 6. The molecule has 0 radical (unpaired) electrons. The molecule has 2 fully saturated rings. The number of hydrogen-bond donors (Lipinski definition) is 3. The largest absolute Gasteiger partial charge is 0.409 e. The molecule has 37 heavy (non-hydrogen) atoms. The lowest BCUT2D eigenvalue weighted by Gasteiger charge is -2.31. The van der Waals surface area contributed by atoms with E-state index in [1.165, 1.54) is 18.2 Å². The Bertz CT molecular complexity index is 1330. The highest BCUT2D eigenvalue weighted by molar-refractivity contribution is 9.10. The van der Waals surface area contributed by atoms with Crippen LogP contribution in [-0.2, 0) is 4.79 Å². The van der Waals surface area contributed by atoms with Crippen molar-refractivity contribution in [2.75, 3.05) is 23.7 Å². The molecule has 0 bridgehead atoms. The molecule has 1 saturated carbocycles. The molecule has 2 aromatic heterocycles. The molecule has 1 aliphatic heterocycles. The zero-order valence-corrected chi connectivity index (χ0v) is 21.4. The molecule has 0 atom stereocenters. The second-order valence-electron chi connectivity index (χ2n) is 9.13. The highest BCUT2D eigenvalue weighted by Crippen LogP contribution is 2.35. The number of ketones is 1. The molecule has 2 aliphatic rings. The monoisotopic (exact) mass is 569 g/mol. The fraction of sp³-hybridized carbons (Fsp3) is 0.320. The van der Waals surface area contributed by atoms with Gasteiger partial charge in [-0.15, -0.1) is 0 Å². The van der Waals surface area contributed by atoms with E-state index in [4.69, 9.17) is 0 Å². The third-order valence-electron chi connectivity index (χ3n) is 6.50. The van der Waals surface area contributed by atoms with E-state index in [-0.39, 0.29) is 22.1 Å². The number of oxime groups is 1. The van der Waals surface area contributed by atoms with Crippen LogP contribution in [0.3, 0.4) is 0 Å². The number of nitrogens with zero attached hydrogens (tertiary/aromatic N) is 5. The van der Waals surface area contributed by atoms with Gasteiger partial charge in [-0.25, -0.2) is 9.18 Å². The van der Waals surface area contributed by atoms with Crippen LogP contribution in [0.5, 0.6) is 0 Å². The number of Topliss-reactive ketones (excluding diaryl/α,β-unsaturated/α-hetero) is 1. The molecule has 2 amide bonds. The van der Waals surface area contributed by atoms with Gasteiger partial charge in [-0.05, 0) is 71.9 Å². The first-order valence-corrected chi connectivity index (χ1v) is 12.8. The van der Waals surface area contributed by atoms with Crippen molar-refractivity contribution in [2.24, 2.45) is 11.1 Å². The summed E-state index contributed by atoms with van der Waals surface area (Å²) in [6.07, 6.45) is 8.56. The molecule has 12 heteroatoms. The van der Waals surface area contributed by atoms with Crippen LogP contribution in [0.4, 0.5) is 20.6 Å². The predicted molar refractivity (Wildman–Crippen MR) is 139 cm³/mol. The molecule has 1 saturated heterocycles. The van der Waals surface area contributed by atoms with E-state index >= 15 is 0 Å². The number of nitrogens with one attached hydrogen (secondary N) is 2. The average molecular weight is 570 g/mol. The predicted octanol–water partition coefficient (Wildman–Crippen LogP) is 4.89. The van der Waals surface area contributed by atoms with Gasteiger partial charge in [0.25, 0.3) is 0 Å². The fourth-order valence-electron chi connectivity index (χ4n) is 4.23. The Labute approximate surface area is 220 Å². The maximum absolute atomic E-state index is 13.5. The van der Waals surface area contributed by atoms with Gasteiger partial charge >= 0.3 is 6.03 Å². The number of amides is 2. The molecule has 1 aromatic carbocycles. The quantitative estimate of drug-likeness (QED) is 0.168. The molecule has 10 nitrogen and oxygen atoms in total. The van der Waals surface area contributed by atoms with E-state index in [1.807, 2.05) is 16.9 Å². The number of urea groups is 1. The number of aromatic nitrogens is 3. The standard InChI is InChI=1S/C25H25BrFN7O3/c26-20-11-17(1-5-21(20)27)30-24(32-37)23(35)15-7-9-33(10-8-15)25(36)31-18-2-6-22(28-13-18)16-12-29-34(14-16)19-3-4-19/h1-2,5-6,11-15,19,37H,3-4,7-10H2,(H,30,32)(H,31,36). The van der Waals surface area contributed by atoms with Gasteiger partial charge in [0.1, 0.15) is 5.82 Å². The SMILES string of the molecule is O=C(/C(=N/O)Nc1ccc(F)c(Br)c1)C1CCN(C(=O)Nc2ccc(-c3cnn(C4CC4)c3)nc2)CC1. The minimum atomic E-state index is -0.447. The number of carbonyl (C=O) groups is 2. The number of anilines is 2. The van der Waals surface area contributed by atoms with Gasteiger partial charge in [0.15, 0.2) is 0 Å². The minimum absolute atomic E-state index is 0.219. The van der Waals surface area contributed by atoms with Crippen LogP contribution >= 0.6 is 15.9 Å². The summed E-state index contributed by atoms with van der Waals surface area (Å²) in [6.45, 7) is 0.740. The maximum atomic E-state index is 13.5. The lowest BCUT2D eigenvalue weighted by Crippen LogP contribution is -2.44. The smallest absolute Gasteiger partial charge is 0.321 e. The molecule has 1 aliphatic carbocycles. The van der Waals surface area contributed by atoms with Crippen molar-refractivity contribution in [3.05, 3.63) is 59.2 Å². The van der Waals surface area contributed by atoms with Gasteiger partial charge in [-0.1, -0.05) is 5.16 Å². The van der Waals surface area contributed by atoms with Crippen molar-refractivity contribution in [1.29, 1.82) is 0 Å². The van der Waals surface area contributed by atoms with Gasteiger partial charge in [0, 0.05) is 36.5 Å². The van der Waals surface area contributed by atoms with Crippen LogP contribution < -0.4 is 10.6 Å². The number of pyridine rings is 1. The maximum Gasteiger partial charge on any atom is 0.321 e. The van der Waals surface area contributed by atoms with Gasteiger partial charge in [-0.3, -0.25) is 14.5 Å². The first-order chi connectivity index (χ1) is 17.9. The third-order valence-corrected chi connectivity index (χ3v) is 7.11. The summed E-state index contributed by atoms with van der Waals surface area (Å²) >= 11 is 3.08. The number of benzene rings is 1. The van der Waals surface area contributed by atoms with Crippen molar-refractivity contribution in [3.63, 3.8) is 0 Å². The topological polar surface area (TPSA) is 125 Å². The Balaban J connectivity index is 1.12. The summed E-state index contributed by atoms with van der Waals surface area (Å²) < 4.78 is 15.6. The summed E-state index contributed by atoms with van der Waals surface area (Å²) in [5.74, 6) is -1.45. The lowest BCUT2D eigenvalue weighted by atomic mass is 9.92. The van der Waals surface area contributed by atoms with Crippen LogP contribution in [0.25, 0.3) is 11.3 Å². The first-order valence-electron chi connectivity index (χ1n) is 12.0. The molecule has 0 unspecified atom stereocenters. The lowest BCUT2D eigenvalue weighted by molar-refractivity contribution is -0.117. The van der Waals surface area contributed by atoms with E-state index < -0.39 is 11.7 Å².